The normalized spacial score (nSPS) is 23.9. The van der Waals surface area contributed by atoms with E-state index in [0.717, 1.165) is 18.2 Å². The van der Waals surface area contributed by atoms with Crippen LogP contribution < -0.4 is 5.32 Å². The smallest absolute Gasteiger partial charge is 0.121 e. The summed E-state index contributed by atoms with van der Waals surface area (Å²) in [6.07, 6.45) is 4.55. The van der Waals surface area contributed by atoms with E-state index in [1.807, 2.05) is 11.6 Å². The van der Waals surface area contributed by atoms with Gasteiger partial charge in [-0.2, -0.15) is 0 Å². The van der Waals surface area contributed by atoms with Crippen molar-refractivity contribution in [2.75, 3.05) is 19.7 Å². The molecule has 1 aromatic heterocycles. The van der Waals surface area contributed by atoms with Crippen molar-refractivity contribution in [2.45, 2.75) is 25.9 Å². The number of hydrogen-bond donors (Lipinski definition) is 1. The van der Waals surface area contributed by atoms with Crippen molar-refractivity contribution in [1.29, 1.82) is 0 Å². The van der Waals surface area contributed by atoms with Gasteiger partial charge in [-0.25, -0.2) is 4.98 Å². The summed E-state index contributed by atoms with van der Waals surface area (Å²) in [6.45, 7) is 5.20. The van der Waals surface area contributed by atoms with Gasteiger partial charge in [0.15, 0.2) is 0 Å². The molecule has 15 heavy (non-hydrogen) atoms. The van der Waals surface area contributed by atoms with E-state index >= 15 is 0 Å². The first-order valence-electron chi connectivity index (χ1n) is 5.58. The molecule has 0 saturated carbocycles. The Bertz CT molecular complexity index is 270. The molecule has 4 heteroatoms. The van der Waals surface area contributed by atoms with Crippen LogP contribution in [-0.4, -0.2) is 24.7 Å². The first-order valence-corrected chi connectivity index (χ1v) is 6.46. The van der Waals surface area contributed by atoms with Gasteiger partial charge < -0.3 is 10.1 Å². The molecule has 1 aliphatic heterocycles. The Morgan fingerprint density at radius 3 is 3.33 bits per heavy atom. The van der Waals surface area contributed by atoms with Crippen molar-refractivity contribution in [3.8, 4) is 0 Å². The quantitative estimate of drug-likeness (QED) is 0.855. The first kappa shape index (κ1) is 11.0. The highest BCUT2D eigenvalue weighted by atomic mass is 32.1. The maximum Gasteiger partial charge on any atom is 0.121 e. The zero-order valence-corrected chi connectivity index (χ0v) is 9.93. The van der Waals surface area contributed by atoms with Crippen LogP contribution in [0.2, 0.25) is 0 Å². The van der Waals surface area contributed by atoms with Crippen molar-refractivity contribution in [3.05, 3.63) is 16.6 Å². The molecule has 0 bridgehead atoms. The number of ether oxygens (including phenoxy) is 1. The topological polar surface area (TPSA) is 34.1 Å². The van der Waals surface area contributed by atoms with Gasteiger partial charge in [0.05, 0.1) is 6.61 Å². The maximum absolute atomic E-state index is 5.83. The number of thiazole rings is 1. The molecule has 0 radical (unpaired) electrons. The lowest BCUT2D eigenvalue weighted by atomic mass is 10.0. The summed E-state index contributed by atoms with van der Waals surface area (Å²) in [7, 11) is 0. The van der Waals surface area contributed by atoms with Crippen molar-refractivity contribution in [3.63, 3.8) is 0 Å². The van der Waals surface area contributed by atoms with E-state index in [1.165, 1.54) is 19.4 Å². The predicted octanol–water partition coefficient (Wildman–Crippen LogP) is 2.22. The van der Waals surface area contributed by atoms with Crippen LogP contribution in [0.3, 0.4) is 0 Å². The Morgan fingerprint density at radius 1 is 1.73 bits per heavy atom. The van der Waals surface area contributed by atoms with Gasteiger partial charge in [-0.05, 0) is 32.2 Å². The number of hydrogen-bond acceptors (Lipinski definition) is 4. The van der Waals surface area contributed by atoms with Crippen LogP contribution in [0.4, 0.5) is 0 Å². The SMILES string of the molecule is CC(OCC1CCCNC1)c1nccs1. The third kappa shape index (κ3) is 3.26. The molecule has 1 aliphatic rings. The van der Waals surface area contributed by atoms with Crippen LogP contribution in [0.15, 0.2) is 11.6 Å². The highest BCUT2D eigenvalue weighted by Crippen LogP contribution is 2.20. The average molecular weight is 226 g/mol. The van der Waals surface area contributed by atoms with Crippen LogP contribution in [0.25, 0.3) is 0 Å². The fourth-order valence-corrected chi connectivity index (χ4v) is 2.50. The van der Waals surface area contributed by atoms with Gasteiger partial charge in [0.25, 0.3) is 0 Å². The molecule has 0 amide bonds. The molecule has 2 unspecified atom stereocenters. The zero-order valence-electron chi connectivity index (χ0n) is 9.11. The molecule has 0 aromatic carbocycles. The summed E-state index contributed by atoms with van der Waals surface area (Å²) in [5.74, 6) is 0.682. The molecule has 0 aliphatic carbocycles. The van der Waals surface area contributed by atoms with Gasteiger partial charge >= 0.3 is 0 Å². The minimum Gasteiger partial charge on any atom is -0.371 e. The van der Waals surface area contributed by atoms with Gasteiger partial charge in [0.1, 0.15) is 11.1 Å². The van der Waals surface area contributed by atoms with Crippen LogP contribution in [0.5, 0.6) is 0 Å². The molecule has 2 rings (SSSR count). The molecular formula is C11H18N2OS. The second-order valence-electron chi connectivity index (χ2n) is 4.06. The minimum atomic E-state index is 0.145. The van der Waals surface area contributed by atoms with E-state index in [9.17, 15) is 0 Å². The summed E-state index contributed by atoms with van der Waals surface area (Å²) in [6, 6.07) is 0. The molecule has 2 atom stereocenters. The van der Waals surface area contributed by atoms with E-state index in [4.69, 9.17) is 4.74 Å². The second kappa shape index (κ2) is 5.58. The Morgan fingerprint density at radius 2 is 2.67 bits per heavy atom. The highest BCUT2D eigenvalue weighted by Gasteiger charge is 2.15. The molecular weight excluding hydrogens is 208 g/mol. The molecule has 84 valence electrons. The van der Waals surface area contributed by atoms with E-state index in [1.54, 1.807) is 11.3 Å². The number of rotatable bonds is 4. The highest BCUT2D eigenvalue weighted by molar-refractivity contribution is 7.09. The second-order valence-corrected chi connectivity index (χ2v) is 4.98. The summed E-state index contributed by atoms with van der Waals surface area (Å²) in [4.78, 5) is 4.26. The van der Waals surface area contributed by atoms with Crippen molar-refractivity contribution in [1.82, 2.24) is 10.3 Å². The van der Waals surface area contributed by atoms with E-state index in [-0.39, 0.29) is 6.10 Å². The molecule has 3 nitrogen and oxygen atoms in total. The van der Waals surface area contributed by atoms with Gasteiger partial charge in [-0.1, -0.05) is 0 Å². The Balaban J connectivity index is 1.73. The Hall–Kier alpha value is -0.450. The van der Waals surface area contributed by atoms with E-state index in [2.05, 4.69) is 17.2 Å². The predicted molar refractivity (Wildman–Crippen MR) is 62.1 cm³/mol. The van der Waals surface area contributed by atoms with E-state index < -0.39 is 0 Å². The van der Waals surface area contributed by atoms with Crippen molar-refractivity contribution in [2.24, 2.45) is 5.92 Å². The lowest BCUT2D eigenvalue weighted by Crippen LogP contribution is -2.32. The van der Waals surface area contributed by atoms with Gasteiger partial charge in [-0.3, -0.25) is 0 Å². The molecule has 0 spiro atoms. The zero-order chi connectivity index (χ0) is 10.5. The monoisotopic (exact) mass is 226 g/mol. The molecule has 1 fully saturated rings. The van der Waals surface area contributed by atoms with Gasteiger partial charge in [-0.15, -0.1) is 11.3 Å². The summed E-state index contributed by atoms with van der Waals surface area (Å²) in [5.41, 5.74) is 0. The largest absolute Gasteiger partial charge is 0.371 e. The van der Waals surface area contributed by atoms with Crippen molar-refractivity contribution < 1.29 is 4.74 Å². The van der Waals surface area contributed by atoms with Crippen LogP contribution in [0, 0.1) is 5.92 Å². The van der Waals surface area contributed by atoms with E-state index in [0.29, 0.717) is 5.92 Å². The average Bonchev–Trinajstić information content (AvgIpc) is 2.81. The fraction of sp³-hybridized carbons (Fsp3) is 0.727. The molecule has 2 heterocycles. The van der Waals surface area contributed by atoms with Crippen LogP contribution in [-0.2, 0) is 4.74 Å². The summed E-state index contributed by atoms with van der Waals surface area (Å²) in [5, 5.41) is 6.48. The number of piperidine rings is 1. The standard InChI is InChI=1S/C11H18N2OS/c1-9(11-13-5-6-15-11)14-8-10-3-2-4-12-7-10/h5-6,9-10,12H,2-4,7-8H2,1H3. The summed E-state index contributed by atoms with van der Waals surface area (Å²) < 4.78 is 5.83. The Kier molecular flexibility index (Phi) is 4.11. The third-order valence-corrected chi connectivity index (χ3v) is 3.72. The third-order valence-electron chi connectivity index (χ3n) is 2.78. The fourth-order valence-electron chi connectivity index (χ4n) is 1.85. The van der Waals surface area contributed by atoms with Crippen LogP contribution in [0.1, 0.15) is 30.9 Å². The van der Waals surface area contributed by atoms with Crippen molar-refractivity contribution >= 4 is 11.3 Å². The number of aromatic nitrogens is 1. The molecule has 1 N–H and O–H groups in total. The Labute approximate surface area is 94.9 Å². The lowest BCUT2D eigenvalue weighted by Gasteiger charge is -2.23. The molecule has 1 aromatic rings. The maximum atomic E-state index is 5.83. The summed E-state index contributed by atoms with van der Waals surface area (Å²) >= 11 is 1.67. The number of nitrogens with zero attached hydrogens (tertiary/aromatic N) is 1. The molecule has 1 saturated heterocycles. The lowest BCUT2D eigenvalue weighted by molar-refractivity contribution is 0.0334. The number of nitrogens with one attached hydrogen (secondary N) is 1. The minimum absolute atomic E-state index is 0.145. The first-order chi connectivity index (χ1) is 7.36. The van der Waals surface area contributed by atoms with Gasteiger partial charge in [0.2, 0.25) is 0 Å². The van der Waals surface area contributed by atoms with Gasteiger partial charge in [0, 0.05) is 18.1 Å². The van der Waals surface area contributed by atoms with Crippen LogP contribution >= 0.6 is 11.3 Å².